The van der Waals surface area contributed by atoms with Crippen LogP contribution in [0.1, 0.15) is 58.4 Å². The van der Waals surface area contributed by atoms with Crippen molar-refractivity contribution in [3.63, 3.8) is 0 Å². The van der Waals surface area contributed by atoms with E-state index in [1.807, 2.05) is 6.92 Å². The summed E-state index contributed by atoms with van der Waals surface area (Å²) in [5.74, 6) is 3.36. The summed E-state index contributed by atoms with van der Waals surface area (Å²) in [7, 11) is 0. The van der Waals surface area contributed by atoms with E-state index in [0.29, 0.717) is 5.92 Å². The second-order valence-electron chi connectivity index (χ2n) is 9.22. The number of carbonyl (C=O) groups excluding carboxylic acids is 1. The first-order valence-corrected chi connectivity index (χ1v) is 12.3. The first-order chi connectivity index (χ1) is 14.5. The average Bonchev–Trinajstić information content (AvgIpc) is 3.45. The Hall–Kier alpha value is -1.82. The number of fused-ring (bicyclic) bond motifs is 2. The van der Waals surface area contributed by atoms with E-state index < -0.39 is 0 Å². The molecule has 1 amide bonds. The molecule has 162 valence electrons. The number of rotatable bonds is 8. The lowest BCUT2D eigenvalue weighted by Crippen LogP contribution is -2.43. The molecule has 2 bridgehead atoms. The molecule has 2 aromatic rings. The van der Waals surface area contributed by atoms with Crippen molar-refractivity contribution < 1.29 is 4.79 Å². The van der Waals surface area contributed by atoms with E-state index in [0.717, 1.165) is 41.3 Å². The fourth-order valence-electron chi connectivity index (χ4n) is 5.37. The predicted octanol–water partition coefficient (Wildman–Crippen LogP) is 5.09. The van der Waals surface area contributed by atoms with Crippen molar-refractivity contribution in [2.45, 2.75) is 82.8 Å². The monoisotopic (exact) mass is 426 g/mol. The van der Waals surface area contributed by atoms with Crippen LogP contribution in [0.5, 0.6) is 0 Å². The summed E-state index contributed by atoms with van der Waals surface area (Å²) in [6.07, 6.45) is 6.40. The number of hydrogen-bond donors (Lipinski definition) is 1. The van der Waals surface area contributed by atoms with Gasteiger partial charge in [0.2, 0.25) is 5.91 Å². The van der Waals surface area contributed by atoms with Gasteiger partial charge in [-0.15, -0.1) is 10.2 Å². The molecule has 5 nitrogen and oxygen atoms in total. The normalized spacial score (nSPS) is 24.7. The molecule has 2 aliphatic rings. The van der Waals surface area contributed by atoms with Gasteiger partial charge in [0, 0.05) is 18.2 Å². The summed E-state index contributed by atoms with van der Waals surface area (Å²) in [5, 5.41) is 12.8. The standard InChI is InChI=1S/C24H34N4OS/c1-5-11-28-22(20-8-6-7-15(2)12-20)26-27-24(28)30-17(4)23(29)25-16(3)21-14-18-9-10-19(21)13-18/h6-8,12,16-19,21H,5,9-11,13-14H2,1-4H3,(H,25,29). The summed E-state index contributed by atoms with van der Waals surface area (Å²) in [4.78, 5) is 12.9. The average molecular weight is 427 g/mol. The maximum atomic E-state index is 12.9. The maximum Gasteiger partial charge on any atom is 0.233 e. The van der Waals surface area contributed by atoms with Crippen LogP contribution in [-0.2, 0) is 11.3 Å². The lowest BCUT2D eigenvalue weighted by molar-refractivity contribution is -0.121. The molecule has 4 rings (SSSR count). The van der Waals surface area contributed by atoms with Crippen LogP contribution in [0.3, 0.4) is 0 Å². The fourth-order valence-corrected chi connectivity index (χ4v) is 6.25. The van der Waals surface area contributed by atoms with Gasteiger partial charge in [0.15, 0.2) is 11.0 Å². The molecular formula is C24H34N4OS. The number of aromatic nitrogens is 3. The summed E-state index contributed by atoms with van der Waals surface area (Å²) >= 11 is 1.52. The minimum Gasteiger partial charge on any atom is -0.352 e. The molecule has 30 heavy (non-hydrogen) atoms. The highest BCUT2D eigenvalue weighted by Gasteiger charge is 2.42. The van der Waals surface area contributed by atoms with Gasteiger partial charge in [-0.2, -0.15) is 0 Å². The molecular weight excluding hydrogens is 392 g/mol. The van der Waals surface area contributed by atoms with Crippen molar-refractivity contribution >= 4 is 17.7 Å². The highest BCUT2D eigenvalue weighted by atomic mass is 32.2. The number of amides is 1. The Morgan fingerprint density at radius 2 is 2.10 bits per heavy atom. The van der Waals surface area contributed by atoms with Crippen LogP contribution in [0.2, 0.25) is 0 Å². The number of carbonyl (C=O) groups is 1. The molecule has 6 heteroatoms. The van der Waals surface area contributed by atoms with E-state index in [4.69, 9.17) is 0 Å². The molecule has 5 unspecified atom stereocenters. The molecule has 1 N–H and O–H groups in total. The predicted molar refractivity (Wildman–Crippen MR) is 122 cm³/mol. The van der Waals surface area contributed by atoms with Crippen LogP contribution in [0, 0.1) is 24.7 Å². The number of nitrogens with zero attached hydrogens (tertiary/aromatic N) is 3. The van der Waals surface area contributed by atoms with Crippen LogP contribution in [0.4, 0.5) is 0 Å². The van der Waals surface area contributed by atoms with Gasteiger partial charge in [-0.3, -0.25) is 4.79 Å². The summed E-state index contributed by atoms with van der Waals surface area (Å²) in [5.41, 5.74) is 2.28. The molecule has 2 aliphatic carbocycles. The van der Waals surface area contributed by atoms with Gasteiger partial charge in [0.1, 0.15) is 0 Å². The van der Waals surface area contributed by atoms with Crippen molar-refractivity contribution in [3.05, 3.63) is 29.8 Å². The molecule has 0 radical (unpaired) electrons. The van der Waals surface area contributed by atoms with Gasteiger partial charge in [-0.25, -0.2) is 0 Å². The van der Waals surface area contributed by atoms with Gasteiger partial charge in [-0.1, -0.05) is 48.9 Å². The third-order valence-electron chi connectivity index (χ3n) is 6.90. The molecule has 2 saturated carbocycles. The van der Waals surface area contributed by atoms with Crippen LogP contribution >= 0.6 is 11.8 Å². The van der Waals surface area contributed by atoms with Gasteiger partial charge < -0.3 is 9.88 Å². The highest BCUT2D eigenvalue weighted by Crippen LogP contribution is 2.49. The van der Waals surface area contributed by atoms with E-state index in [1.165, 1.54) is 43.0 Å². The van der Waals surface area contributed by atoms with Crippen LogP contribution < -0.4 is 5.32 Å². The van der Waals surface area contributed by atoms with Gasteiger partial charge in [0.05, 0.1) is 5.25 Å². The molecule has 0 saturated heterocycles. The maximum absolute atomic E-state index is 12.9. The Morgan fingerprint density at radius 1 is 1.27 bits per heavy atom. The zero-order chi connectivity index (χ0) is 21.3. The molecule has 5 atom stereocenters. The fraction of sp³-hybridized carbons (Fsp3) is 0.625. The van der Waals surface area contributed by atoms with Gasteiger partial charge in [0.25, 0.3) is 0 Å². The molecule has 0 spiro atoms. The Balaban J connectivity index is 1.43. The molecule has 2 fully saturated rings. The van der Waals surface area contributed by atoms with Crippen molar-refractivity contribution in [2.24, 2.45) is 17.8 Å². The van der Waals surface area contributed by atoms with Crippen molar-refractivity contribution in [1.29, 1.82) is 0 Å². The second-order valence-corrected chi connectivity index (χ2v) is 10.5. The van der Waals surface area contributed by atoms with E-state index in [2.05, 4.69) is 65.1 Å². The zero-order valence-corrected chi connectivity index (χ0v) is 19.4. The zero-order valence-electron chi connectivity index (χ0n) is 18.6. The number of nitrogens with one attached hydrogen (secondary N) is 1. The second kappa shape index (κ2) is 9.13. The van der Waals surface area contributed by atoms with E-state index in [-0.39, 0.29) is 17.2 Å². The van der Waals surface area contributed by atoms with Crippen LogP contribution in [-0.4, -0.2) is 32.0 Å². The van der Waals surface area contributed by atoms with Crippen molar-refractivity contribution in [3.8, 4) is 11.4 Å². The number of thioether (sulfide) groups is 1. The van der Waals surface area contributed by atoms with Crippen LogP contribution in [0.25, 0.3) is 11.4 Å². The molecule has 0 aliphatic heterocycles. The van der Waals surface area contributed by atoms with Gasteiger partial charge >= 0.3 is 0 Å². The lowest BCUT2D eigenvalue weighted by Gasteiger charge is -2.29. The molecule has 1 heterocycles. The SMILES string of the molecule is CCCn1c(SC(C)C(=O)NC(C)C2CC3CCC2C3)nnc1-c1cccc(C)c1. The first-order valence-electron chi connectivity index (χ1n) is 11.4. The summed E-state index contributed by atoms with van der Waals surface area (Å²) in [6, 6.07) is 8.61. The quantitative estimate of drug-likeness (QED) is 0.598. The summed E-state index contributed by atoms with van der Waals surface area (Å²) in [6.45, 7) is 9.25. The number of hydrogen-bond acceptors (Lipinski definition) is 4. The minimum atomic E-state index is -0.198. The summed E-state index contributed by atoms with van der Waals surface area (Å²) < 4.78 is 2.16. The van der Waals surface area contributed by atoms with E-state index in [9.17, 15) is 4.79 Å². The largest absolute Gasteiger partial charge is 0.352 e. The Morgan fingerprint density at radius 3 is 2.77 bits per heavy atom. The van der Waals surface area contributed by atoms with E-state index >= 15 is 0 Å². The minimum absolute atomic E-state index is 0.110. The van der Waals surface area contributed by atoms with E-state index in [1.54, 1.807) is 0 Å². The smallest absolute Gasteiger partial charge is 0.233 e. The van der Waals surface area contributed by atoms with Crippen molar-refractivity contribution in [2.75, 3.05) is 0 Å². The highest BCUT2D eigenvalue weighted by molar-refractivity contribution is 8.00. The number of benzene rings is 1. The van der Waals surface area contributed by atoms with Gasteiger partial charge in [-0.05, 0) is 70.3 Å². The Bertz CT molecular complexity index is 895. The van der Waals surface area contributed by atoms with Crippen LogP contribution in [0.15, 0.2) is 29.4 Å². The number of aryl methyl sites for hydroxylation is 1. The lowest BCUT2D eigenvalue weighted by atomic mass is 9.84. The topological polar surface area (TPSA) is 59.8 Å². The third kappa shape index (κ3) is 4.43. The third-order valence-corrected chi connectivity index (χ3v) is 7.98. The van der Waals surface area contributed by atoms with Crippen molar-refractivity contribution in [1.82, 2.24) is 20.1 Å². The molecule has 1 aromatic heterocycles. The Kier molecular flexibility index (Phi) is 6.51. The Labute approximate surface area is 184 Å². The molecule has 1 aromatic carbocycles. The first kappa shape index (κ1) is 21.4.